The molecule has 1 N–H and O–H groups in total. The van der Waals surface area contributed by atoms with Gasteiger partial charge < -0.3 is 19.0 Å². The van der Waals surface area contributed by atoms with Crippen molar-refractivity contribution in [1.82, 2.24) is 19.7 Å². The number of rotatable bonds is 12. The summed E-state index contributed by atoms with van der Waals surface area (Å²) < 4.78 is 28.5. The van der Waals surface area contributed by atoms with Crippen LogP contribution in [0.3, 0.4) is 0 Å². The van der Waals surface area contributed by atoms with Gasteiger partial charge in [-0.3, -0.25) is 14.7 Å². The van der Waals surface area contributed by atoms with Gasteiger partial charge in [-0.25, -0.2) is 4.98 Å². The average molecular weight is 406 g/mol. The molecule has 13 heteroatoms. The van der Waals surface area contributed by atoms with Crippen molar-refractivity contribution in [2.24, 2.45) is 0 Å². The number of carbonyl (C=O) groups is 1. The van der Waals surface area contributed by atoms with E-state index >= 15 is 0 Å². The lowest BCUT2D eigenvalue weighted by Crippen LogP contribution is -2.35. The highest BCUT2D eigenvalue weighted by Crippen LogP contribution is 2.28. The minimum Gasteiger partial charge on any atom is -0.408 e. The van der Waals surface area contributed by atoms with E-state index in [1.807, 2.05) is 0 Å². The number of hydrogen-bond acceptors (Lipinski definition) is 9. The van der Waals surface area contributed by atoms with E-state index in [0.29, 0.717) is 11.9 Å². The molecule has 0 unspecified atom stereocenters. The maximum atomic E-state index is 11.3. The van der Waals surface area contributed by atoms with E-state index in [1.54, 1.807) is 13.8 Å². The third-order valence-corrected chi connectivity index (χ3v) is 3.75. The SMILES string of the molecule is CCOC(OCC)(OCCOn1cnc2c(Cl)nc(NC=O)nc21)P=O. The first kappa shape index (κ1) is 20.4. The zero-order valence-electron chi connectivity index (χ0n) is 14.0. The summed E-state index contributed by atoms with van der Waals surface area (Å²) in [4.78, 5) is 28.0. The summed E-state index contributed by atoms with van der Waals surface area (Å²) in [6.07, 6.45) is 1.77. The fourth-order valence-electron chi connectivity index (χ4n) is 1.93. The Morgan fingerprint density at radius 1 is 1.27 bits per heavy atom. The normalized spacial score (nSPS) is 11.8. The second kappa shape index (κ2) is 9.70. The topological polar surface area (TPSA) is 127 Å². The fourth-order valence-corrected chi connectivity index (χ4v) is 2.65. The van der Waals surface area contributed by atoms with Crippen molar-refractivity contribution in [3.05, 3.63) is 11.5 Å². The van der Waals surface area contributed by atoms with Crippen LogP contribution in [0.25, 0.3) is 11.2 Å². The predicted molar refractivity (Wildman–Crippen MR) is 91.0 cm³/mol. The number of nitrogens with zero attached hydrogens (tertiary/aromatic N) is 4. The van der Waals surface area contributed by atoms with Crippen LogP contribution in [0, 0.1) is 0 Å². The van der Waals surface area contributed by atoms with Crippen molar-refractivity contribution >= 4 is 43.6 Å². The molecular formula is C13H17ClN5O6P. The lowest BCUT2D eigenvalue weighted by Gasteiger charge is -2.25. The summed E-state index contributed by atoms with van der Waals surface area (Å²) >= 11 is 5.99. The largest absolute Gasteiger partial charge is 0.408 e. The first-order chi connectivity index (χ1) is 12.6. The van der Waals surface area contributed by atoms with Crippen molar-refractivity contribution in [2.45, 2.75) is 19.6 Å². The van der Waals surface area contributed by atoms with Gasteiger partial charge >= 0.3 is 5.71 Å². The molecule has 11 nitrogen and oxygen atoms in total. The van der Waals surface area contributed by atoms with Crippen LogP contribution in [0.1, 0.15) is 13.8 Å². The standard InChI is InChI=1S/C13H17ClN5O6P/c1-3-22-13(26-21,23-4-2)24-5-6-25-19-7-15-9-10(14)17-12(16-8-20)18-11(9)19/h7-8H,3-6H2,1-2H3,(H,16,17,18,20). The van der Waals surface area contributed by atoms with E-state index in [2.05, 4.69) is 20.3 Å². The number of hydrogen-bond donors (Lipinski definition) is 1. The molecule has 0 bridgehead atoms. The van der Waals surface area contributed by atoms with Gasteiger partial charge in [0.1, 0.15) is 18.5 Å². The molecule has 0 saturated carbocycles. The second-order valence-electron chi connectivity index (χ2n) is 4.51. The molecule has 26 heavy (non-hydrogen) atoms. The molecule has 0 spiro atoms. The Bertz CT molecular complexity index is 754. The zero-order chi connectivity index (χ0) is 19.0. The molecule has 142 valence electrons. The number of nitrogens with one attached hydrogen (secondary N) is 1. The highest BCUT2D eigenvalue weighted by atomic mass is 35.5. The number of ether oxygens (including phenoxy) is 3. The first-order valence-corrected chi connectivity index (χ1v) is 8.78. The Kier molecular flexibility index (Phi) is 7.61. The molecule has 2 heterocycles. The van der Waals surface area contributed by atoms with E-state index in [4.69, 9.17) is 30.6 Å². The molecule has 0 aliphatic carbocycles. The van der Waals surface area contributed by atoms with Gasteiger partial charge in [-0.05, 0) is 13.8 Å². The van der Waals surface area contributed by atoms with Crippen LogP contribution in [0.5, 0.6) is 0 Å². The predicted octanol–water partition coefficient (Wildman–Crippen LogP) is 1.47. The van der Waals surface area contributed by atoms with Crippen LogP contribution in [0.15, 0.2) is 6.33 Å². The number of anilines is 1. The van der Waals surface area contributed by atoms with Gasteiger partial charge in [0, 0.05) is 0 Å². The van der Waals surface area contributed by atoms with Crippen LogP contribution in [0.2, 0.25) is 5.15 Å². The molecule has 0 aliphatic rings. The van der Waals surface area contributed by atoms with Gasteiger partial charge in [0.05, 0.1) is 19.8 Å². The molecule has 0 aromatic carbocycles. The number of halogens is 1. The molecule has 0 aliphatic heterocycles. The molecule has 0 atom stereocenters. The minimum absolute atomic E-state index is 0.00712. The van der Waals surface area contributed by atoms with Gasteiger partial charge in [0.25, 0.3) is 8.46 Å². The van der Waals surface area contributed by atoms with Gasteiger partial charge in [-0.15, -0.1) is 0 Å². The van der Waals surface area contributed by atoms with Crippen molar-refractivity contribution < 1.29 is 28.4 Å². The summed E-state index contributed by atoms with van der Waals surface area (Å²) in [5, 5.41) is 2.37. The molecule has 0 saturated heterocycles. The molecule has 0 fully saturated rings. The number of amides is 1. The van der Waals surface area contributed by atoms with E-state index < -0.39 is 14.2 Å². The van der Waals surface area contributed by atoms with Gasteiger partial charge in [0.15, 0.2) is 5.15 Å². The average Bonchev–Trinajstić information content (AvgIpc) is 3.03. The monoisotopic (exact) mass is 405 g/mol. The van der Waals surface area contributed by atoms with E-state index in [0.717, 1.165) is 0 Å². The molecule has 2 rings (SSSR count). The van der Waals surface area contributed by atoms with Crippen molar-refractivity contribution in [3.8, 4) is 0 Å². The molecular weight excluding hydrogens is 389 g/mol. The van der Waals surface area contributed by atoms with Crippen LogP contribution in [-0.2, 0) is 23.6 Å². The Morgan fingerprint density at radius 3 is 2.62 bits per heavy atom. The number of aromatic nitrogens is 4. The van der Waals surface area contributed by atoms with Gasteiger partial charge in [-0.1, -0.05) is 11.6 Å². The van der Waals surface area contributed by atoms with Crippen molar-refractivity contribution in [1.29, 1.82) is 0 Å². The van der Waals surface area contributed by atoms with Crippen molar-refractivity contribution in [3.63, 3.8) is 0 Å². The van der Waals surface area contributed by atoms with Crippen LogP contribution < -0.4 is 10.2 Å². The minimum atomic E-state index is -1.67. The van der Waals surface area contributed by atoms with Crippen LogP contribution >= 0.6 is 20.1 Å². The van der Waals surface area contributed by atoms with Crippen LogP contribution in [-0.4, -0.2) is 58.2 Å². The summed E-state index contributed by atoms with van der Waals surface area (Å²) in [6, 6.07) is 0. The Hall–Kier alpha value is -1.91. The third kappa shape index (κ3) is 4.83. The number of carbonyl (C=O) groups excluding carboxylic acids is 1. The van der Waals surface area contributed by atoms with E-state index in [1.165, 1.54) is 11.1 Å². The lowest BCUT2D eigenvalue weighted by molar-refractivity contribution is -0.320. The molecule has 0 radical (unpaired) electrons. The quantitative estimate of drug-likeness (QED) is 0.183. The van der Waals surface area contributed by atoms with Crippen LogP contribution in [0.4, 0.5) is 5.95 Å². The summed E-state index contributed by atoms with van der Waals surface area (Å²) in [5.41, 5.74) is -1.10. The number of imidazole rings is 1. The van der Waals surface area contributed by atoms with Crippen molar-refractivity contribution in [2.75, 3.05) is 31.7 Å². The van der Waals surface area contributed by atoms with E-state index in [-0.39, 0.29) is 43.2 Å². The highest BCUT2D eigenvalue weighted by Gasteiger charge is 2.34. The lowest BCUT2D eigenvalue weighted by atomic mass is 10.5. The summed E-state index contributed by atoms with van der Waals surface area (Å²) in [5.74, 6) is 0.0102. The molecule has 2 aromatic heterocycles. The van der Waals surface area contributed by atoms with Gasteiger partial charge in [-0.2, -0.15) is 14.7 Å². The molecule has 1 amide bonds. The Morgan fingerprint density at radius 2 is 2.00 bits per heavy atom. The first-order valence-electron chi connectivity index (χ1n) is 7.59. The molecule has 2 aromatic rings. The summed E-state index contributed by atoms with van der Waals surface area (Å²) in [6.45, 7) is 4.01. The summed E-state index contributed by atoms with van der Waals surface area (Å²) in [7, 11) is -0.459. The highest BCUT2D eigenvalue weighted by molar-refractivity contribution is 7.25. The Balaban J connectivity index is 2.03. The number of fused-ring (bicyclic) bond motifs is 1. The second-order valence-corrected chi connectivity index (χ2v) is 5.59. The zero-order valence-corrected chi connectivity index (χ0v) is 15.7. The van der Waals surface area contributed by atoms with E-state index in [9.17, 15) is 9.36 Å². The Labute approximate surface area is 155 Å². The third-order valence-electron chi connectivity index (χ3n) is 2.88. The fraction of sp³-hybridized carbons (Fsp3) is 0.538. The smallest absolute Gasteiger partial charge is 0.369 e. The van der Waals surface area contributed by atoms with Gasteiger partial charge in [0.2, 0.25) is 18.0 Å². The maximum Gasteiger partial charge on any atom is 0.369 e. The maximum absolute atomic E-state index is 11.3.